The zero-order valence-electron chi connectivity index (χ0n) is 9.57. The summed E-state index contributed by atoms with van der Waals surface area (Å²) in [6, 6.07) is 5.05. The van der Waals surface area contributed by atoms with Crippen molar-refractivity contribution in [3.63, 3.8) is 0 Å². The van der Waals surface area contributed by atoms with Crippen molar-refractivity contribution in [1.82, 2.24) is 4.57 Å². The van der Waals surface area contributed by atoms with Gasteiger partial charge < -0.3 is 4.42 Å². The molecule has 0 aliphatic heterocycles. The maximum Gasteiger partial charge on any atom is 0.419 e. The normalized spacial score (nSPS) is 12.9. The predicted octanol–water partition coefficient (Wildman–Crippen LogP) is 2.49. The quantitative estimate of drug-likeness (QED) is 0.646. The predicted molar refractivity (Wildman–Crippen MR) is 68.8 cm³/mol. The minimum Gasteiger partial charge on any atom is -0.408 e. The molecule has 2 aromatic rings. The number of carbonyl (C=O) groups excluding carboxylic acids is 1. The van der Waals surface area contributed by atoms with E-state index in [0.717, 1.165) is 6.42 Å². The van der Waals surface area contributed by atoms with Gasteiger partial charge in [-0.2, -0.15) is 0 Å². The fourth-order valence-corrected chi connectivity index (χ4v) is 1.92. The van der Waals surface area contributed by atoms with E-state index < -0.39 is 5.76 Å². The highest BCUT2D eigenvalue weighted by Crippen LogP contribution is 2.18. The molecule has 0 fully saturated rings. The molecule has 2 rings (SSSR count). The molecule has 1 heterocycles. The molecule has 0 saturated heterocycles. The van der Waals surface area contributed by atoms with Crippen LogP contribution in [0.15, 0.2) is 27.4 Å². The molecule has 0 aliphatic carbocycles. The first-order valence-corrected chi connectivity index (χ1v) is 6.24. The van der Waals surface area contributed by atoms with Crippen LogP contribution in [0.25, 0.3) is 11.1 Å². The van der Waals surface area contributed by atoms with Crippen LogP contribution >= 0.6 is 15.9 Å². The van der Waals surface area contributed by atoms with Gasteiger partial charge in [0.25, 0.3) is 0 Å². The Bertz CT molecular complexity index is 626. The zero-order valence-corrected chi connectivity index (χ0v) is 11.2. The summed E-state index contributed by atoms with van der Waals surface area (Å²) in [5.74, 6) is -0.420. The number of halogens is 1. The number of fused-ring (bicyclic) bond motifs is 1. The maximum atomic E-state index is 11.9. The third kappa shape index (κ3) is 2.07. The number of benzene rings is 1. The number of aryl methyl sites for hydroxylation is 1. The minimum atomic E-state index is -0.421. The number of carbonyl (C=O) groups is 1. The molecule has 1 atom stereocenters. The van der Waals surface area contributed by atoms with Crippen LogP contribution in [0.2, 0.25) is 0 Å². The van der Waals surface area contributed by atoms with E-state index in [9.17, 15) is 9.59 Å². The third-order valence-corrected chi connectivity index (χ3v) is 3.78. The largest absolute Gasteiger partial charge is 0.419 e. The van der Waals surface area contributed by atoms with Crippen molar-refractivity contribution in [2.45, 2.75) is 18.2 Å². The van der Waals surface area contributed by atoms with E-state index in [2.05, 4.69) is 15.9 Å². The Morgan fingerprint density at radius 3 is 2.88 bits per heavy atom. The zero-order chi connectivity index (χ0) is 12.6. The highest BCUT2D eigenvalue weighted by Gasteiger charge is 2.16. The van der Waals surface area contributed by atoms with Gasteiger partial charge in [-0.05, 0) is 24.6 Å². The molecule has 4 nitrogen and oxygen atoms in total. The van der Waals surface area contributed by atoms with Gasteiger partial charge in [0.1, 0.15) is 0 Å². The van der Waals surface area contributed by atoms with Crippen molar-refractivity contribution in [3.05, 3.63) is 34.3 Å². The summed E-state index contributed by atoms with van der Waals surface area (Å²) in [6.45, 7) is 1.93. The molecular weight excluding hydrogens is 286 g/mol. The molecule has 0 amide bonds. The molecule has 0 spiro atoms. The second-order valence-electron chi connectivity index (χ2n) is 3.85. The molecule has 1 unspecified atom stereocenters. The average molecular weight is 298 g/mol. The molecule has 0 saturated carbocycles. The third-order valence-electron chi connectivity index (χ3n) is 2.72. The van der Waals surface area contributed by atoms with Crippen LogP contribution in [0.5, 0.6) is 0 Å². The monoisotopic (exact) mass is 297 g/mol. The van der Waals surface area contributed by atoms with Gasteiger partial charge in [0.05, 0.1) is 10.3 Å². The van der Waals surface area contributed by atoms with Gasteiger partial charge in [0, 0.05) is 12.6 Å². The Kier molecular flexibility index (Phi) is 3.19. The maximum absolute atomic E-state index is 11.9. The van der Waals surface area contributed by atoms with E-state index in [0.29, 0.717) is 16.7 Å². The number of ketones is 1. The van der Waals surface area contributed by atoms with Crippen LogP contribution in [-0.4, -0.2) is 15.2 Å². The minimum absolute atomic E-state index is 0.000835. The molecule has 1 aromatic carbocycles. The fourth-order valence-electron chi connectivity index (χ4n) is 1.65. The van der Waals surface area contributed by atoms with Crippen molar-refractivity contribution in [1.29, 1.82) is 0 Å². The molecule has 0 radical (unpaired) electrons. The molecular formula is C12H12BrNO3. The van der Waals surface area contributed by atoms with Crippen molar-refractivity contribution in [2.24, 2.45) is 7.05 Å². The van der Waals surface area contributed by atoms with E-state index >= 15 is 0 Å². The summed E-state index contributed by atoms with van der Waals surface area (Å²) >= 11 is 3.32. The number of nitrogens with zero attached hydrogens (tertiary/aromatic N) is 1. The number of rotatable bonds is 3. The average Bonchev–Trinajstić information content (AvgIpc) is 2.62. The van der Waals surface area contributed by atoms with Gasteiger partial charge in [-0.1, -0.05) is 22.9 Å². The van der Waals surface area contributed by atoms with E-state index in [4.69, 9.17) is 4.42 Å². The van der Waals surface area contributed by atoms with Crippen LogP contribution < -0.4 is 5.76 Å². The van der Waals surface area contributed by atoms with Crippen molar-refractivity contribution >= 4 is 32.8 Å². The molecule has 0 N–H and O–H groups in total. The molecule has 0 bridgehead atoms. The van der Waals surface area contributed by atoms with Gasteiger partial charge in [0.15, 0.2) is 11.4 Å². The fraction of sp³-hybridized carbons (Fsp3) is 0.333. The highest BCUT2D eigenvalue weighted by atomic mass is 79.9. The van der Waals surface area contributed by atoms with Gasteiger partial charge >= 0.3 is 5.76 Å². The van der Waals surface area contributed by atoms with Crippen LogP contribution in [-0.2, 0) is 7.05 Å². The lowest BCUT2D eigenvalue weighted by molar-refractivity contribution is 0.0990. The van der Waals surface area contributed by atoms with Crippen molar-refractivity contribution in [3.8, 4) is 0 Å². The summed E-state index contributed by atoms with van der Waals surface area (Å²) in [4.78, 5) is 23.1. The van der Waals surface area contributed by atoms with E-state index in [1.54, 1.807) is 25.2 Å². The Hall–Kier alpha value is -1.36. The molecule has 5 heteroatoms. The Balaban J connectivity index is 2.52. The van der Waals surface area contributed by atoms with Crippen molar-refractivity contribution in [2.75, 3.05) is 0 Å². The Labute approximate surface area is 106 Å². The van der Waals surface area contributed by atoms with Crippen LogP contribution in [0.1, 0.15) is 23.7 Å². The van der Waals surface area contributed by atoms with E-state index in [-0.39, 0.29) is 10.6 Å². The van der Waals surface area contributed by atoms with Gasteiger partial charge in [-0.15, -0.1) is 0 Å². The molecule has 0 aliphatic rings. The first-order chi connectivity index (χ1) is 8.04. The standard InChI is InChI=1S/C12H12BrNO3/c1-3-8(13)11(15)7-4-5-9-10(6-7)17-12(16)14(9)2/h4-6,8H,3H2,1-2H3. The molecule has 1 aromatic heterocycles. The number of hydrogen-bond acceptors (Lipinski definition) is 3. The molecule has 90 valence electrons. The number of oxazole rings is 1. The Morgan fingerprint density at radius 2 is 2.24 bits per heavy atom. The van der Waals surface area contributed by atoms with Crippen LogP contribution in [0.3, 0.4) is 0 Å². The van der Waals surface area contributed by atoms with Crippen LogP contribution in [0.4, 0.5) is 0 Å². The summed E-state index contributed by atoms with van der Waals surface area (Å²) in [5.41, 5.74) is 1.68. The molecule has 17 heavy (non-hydrogen) atoms. The highest BCUT2D eigenvalue weighted by molar-refractivity contribution is 9.10. The topological polar surface area (TPSA) is 52.2 Å². The van der Waals surface area contributed by atoms with E-state index in [1.807, 2.05) is 6.92 Å². The van der Waals surface area contributed by atoms with Gasteiger partial charge in [-0.25, -0.2) is 4.79 Å². The van der Waals surface area contributed by atoms with E-state index in [1.165, 1.54) is 4.57 Å². The summed E-state index contributed by atoms with van der Waals surface area (Å²) < 4.78 is 6.45. The SMILES string of the molecule is CCC(Br)C(=O)c1ccc2c(c1)oc(=O)n2C. The second kappa shape index (κ2) is 4.49. The first kappa shape index (κ1) is 12.1. The summed E-state index contributed by atoms with van der Waals surface area (Å²) in [5, 5.41) is 0. The lowest BCUT2D eigenvalue weighted by atomic mass is 10.1. The lowest BCUT2D eigenvalue weighted by Gasteiger charge is -2.05. The number of Topliss-reactive ketones (excluding diaryl/α,β-unsaturated/α-hetero) is 1. The lowest BCUT2D eigenvalue weighted by Crippen LogP contribution is -2.12. The van der Waals surface area contributed by atoms with Crippen LogP contribution in [0, 0.1) is 0 Å². The van der Waals surface area contributed by atoms with Crippen molar-refractivity contribution < 1.29 is 9.21 Å². The second-order valence-corrected chi connectivity index (χ2v) is 4.95. The number of aromatic nitrogens is 1. The Morgan fingerprint density at radius 1 is 1.53 bits per heavy atom. The summed E-state index contributed by atoms with van der Waals surface area (Å²) in [6.07, 6.45) is 0.718. The number of hydrogen-bond donors (Lipinski definition) is 0. The summed E-state index contributed by atoms with van der Waals surface area (Å²) in [7, 11) is 1.63. The van der Waals surface area contributed by atoms with Gasteiger partial charge in [0.2, 0.25) is 0 Å². The number of alkyl halides is 1. The smallest absolute Gasteiger partial charge is 0.408 e. The van der Waals surface area contributed by atoms with Gasteiger partial charge in [-0.3, -0.25) is 9.36 Å². The first-order valence-electron chi connectivity index (χ1n) is 5.32.